The lowest BCUT2D eigenvalue weighted by molar-refractivity contribution is 0.0942. The monoisotopic (exact) mass is 418 g/mol. The molecule has 5 nitrogen and oxygen atoms in total. The van der Waals surface area contributed by atoms with Crippen LogP contribution in [0.5, 0.6) is 0 Å². The number of nitrogens with one attached hydrogen (secondary N) is 1. The Balaban J connectivity index is 1.68. The molecule has 1 amide bonds. The van der Waals surface area contributed by atoms with Gasteiger partial charge in [-0.15, -0.1) is 0 Å². The lowest BCUT2D eigenvalue weighted by Crippen LogP contribution is -2.39. The quantitative estimate of drug-likeness (QED) is 0.694. The smallest absolute Gasteiger partial charge is 0.269 e. The fourth-order valence-electron chi connectivity index (χ4n) is 3.69. The number of halogens is 2. The second-order valence-electron chi connectivity index (χ2n) is 7.15. The van der Waals surface area contributed by atoms with Crippen LogP contribution in [0.15, 0.2) is 30.5 Å². The van der Waals surface area contributed by atoms with E-state index in [1.165, 1.54) is 19.3 Å². The molecule has 7 heteroatoms. The number of amides is 1. The Morgan fingerprint density at radius 3 is 2.86 bits per heavy atom. The van der Waals surface area contributed by atoms with Gasteiger partial charge in [0.15, 0.2) is 0 Å². The number of carbonyl (C=O) groups excluding carboxylic acids is 1. The van der Waals surface area contributed by atoms with Crippen molar-refractivity contribution in [3.05, 3.63) is 51.8 Å². The Morgan fingerprint density at radius 1 is 1.32 bits per heavy atom. The molecule has 1 aromatic heterocycles. The first-order valence-corrected chi connectivity index (χ1v) is 10.4. The van der Waals surface area contributed by atoms with Crippen LogP contribution < -0.4 is 5.32 Å². The van der Waals surface area contributed by atoms with Crippen LogP contribution in [0.1, 0.15) is 48.7 Å². The average molecular weight is 419 g/mol. The number of benzene rings is 1. The molecule has 1 aliphatic heterocycles. The van der Waals surface area contributed by atoms with Crippen LogP contribution in [0.3, 0.4) is 0 Å². The molecule has 1 aliphatic rings. The molecule has 1 fully saturated rings. The molecule has 2 aromatic rings. The summed E-state index contributed by atoms with van der Waals surface area (Å²) in [6.45, 7) is 4.92. The van der Waals surface area contributed by atoms with Gasteiger partial charge in [-0.2, -0.15) is 5.26 Å². The molecule has 148 valence electrons. The lowest BCUT2D eigenvalue weighted by atomic mass is 10.0. The number of aromatic nitrogens is 1. The van der Waals surface area contributed by atoms with Crippen LogP contribution in [0.4, 0.5) is 0 Å². The van der Waals surface area contributed by atoms with Gasteiger partial charge in [0.05, 0.1) is 16.3 Å². The summed E-state index contributed by atoms with van der Waals surface area (Å²) < 4.78 is 1.64. The van der Waals surface area contributed by atoms with Crippen LogP contribution in [0, 0.1) is 11.3 Å². The van der Waals surface area contributed by atoms with E-state index in [-0.39, 0.29) is 11.6 Å². The van der Waals surface area contributed by atoms with Gasteiger partial charge in [0.1, 0.15) is 11.8 Å². The second-order valence-corrected chi connectivity index (χ2v) is 7.99. The summed E-state index contributed by atoms with van der Waals surface area (Å²) in [6.07, 6.45) is 6.35. The Hall–Kier alpha value is -2.00. The van der Waals surface area contributed by atoms with Gasteiger partial charge >= 0.3 is 0 Å². The van der Waals surface area contributed by atoms with Crippen LogP contribution >= 0.6 is 23.2 Å². The summed E-state index contributed by atoms with van der Waals surface area (Å²) in [4.78, 5) is 15.3. The first-order chi connectivity index (χ1) is 13.5. The first-order valence-electron chi connectivity index (χ1n) is 9.60. The molecule has 0 radical (unpaired) electrons. The Morgan fingerprint density at radius 2 is 2.14 bits per heavy atom. The molecule has 0 bridgehead atoms. The van der Waals surface area contributed by atoms with E-state index in [0.29, 0.717) is 33.9 Å². The molecule has 2 heterocycles. The SMILES string of the molecule is CC1CCCCN1CCCNC(=O)c1c(C#N)ccn1-c1ccc(Cl)cc1Cl. The van der Waals surface area contributed by atoms with Crippen LogP contribution in [0.2, 0.25) is 10.0 Å². The average Bonchev–Trinajstić information content (AvgIpc) is 3.10. The first kappa shape index (κ1) is 20.7. The number of nitrogens with zero attached hydrogens (tertiary/aromatic N) is 3. The number of likely N-dealkylation sites (tertiary alicyclic amines) is 1. The normalized spacial score (nSPS) is 17.3. The van der Waals surface area contributed by atoms with E-state index in [1.807, 2.05) is 0 Å². The Kier molecular flexibility index (Phi) is 7.01. The Bertz CT molecular complexity index is 887. The van der Waals surface area contributed by atoms with Crippen molar-refractivity contribution in [1.29, 1.82) is 5.26 Å². The van der Waals surface area contributed by atoms with Gasteiger partial charge in [0, 0.05) is 30.4 Å². The molecule has 28 heavy (non-hydrogen) atoms. The fourth-order valence-corrected chi connectivity index (χ4v) is 4.19. The third-order valence-electron chi connectivity index (χ3n) is 5.24. The van der Waals surface area contributed by atoms with Crippen LogP contribution in [-0.4, -0.2) is 41.1 Å². The van der Waals surface area contributed by atoms with E-state index >= 15 is 0 Å². The summed E-state index contributed by atoms with van der Waals surface area (Å²) in [7, 11) is 0. The van der Waals surface area contributed by atoms with Crippen molar-refractivity contribution in [2.24, 2.45) is 0 Å². The molecule has 0 spiro atoms. The van der Waals surface area contributed by atoms with Gasteiger partial charge in [-0.25, -0.2) is 0 Å². The molecule has 0 saturated carbocycles. The number of hydrogen-bond donors (Lipinski definition) is 1. The number of nitriles is 1. The molecule has 1 aromatic carbocycles. The number of piperidine rings is 1. The Labute approximate surface area is 175 Å². The van der Waals surface area contributed by atoms with Crippen molar-refractivity contribution < 1.29 is 4.79 Å². The minimum Gasteiger partial charge on any atom is -0.351 e. The molecule has 1 atom stereocenters. The van der Waals surface area contributed by atoms with Crippen LogP contribution in [-0.2, 0) is 0 Å². The zero-order chi connectivity index (χ0) is 20.1. The summed E-state index contributed by atoms with van der Waals surface area (Å²) in [5.41, 5.74) is 1.21. The van der Waals surface area contributed by atoms with Gasteiger partial charge in [-0.05, 0) is 57.0 Å². The molecule has 3 rings (SSSR count). The number of carbonyl (C=O) groups is 1. The van der Waals surface area contributed by atoms with E-state index in [2.05, 4.69) is 23.2 Å². The van der Waals surface area contributed by atoms with E-state index in [1.54, 1.807) is 35.0 Å². The third kappa shape index (κ3) is 4.70. The molecule has 1 N–H and O–H groups in total. The lowest BCUT2D eigenvalue weighted by Gasteiger charge is -2.33. The van der Waals surface area contributed by atoms with E-state index < -0.39 is 0 Å². The second kappa shape index (κ2) is 9.47. The zero-order valence-electron chi connectivity index (χ0n) is 15.9. The summed E-state index contributed by atoms with van der Waals surface area (Å²) in [5.74, 6) is -0.278. The highest BCUT2D eigenvalue weighted by Crippen LogP contribution is 2.27. The van der Waals surface area contributed by atoms with E-state index in [9.17, 15) is 10.1 Å². The highest BCUT2D eigenvalue weighted by molar-refractivity contribution is 6.35. The van der Waals surface area contributed by atoms with Crippen molar-refractivity contribution in [3.8, 4) is 11.8 Å². The summed E-state index contributed by atoms with van der Waals surface area (Å²) >= 11 is 12.3. The van der Waals surface area contributed by atoms with Gasteiger partial charge in [-0.3, -0.25) is 4.79 Å². The van der Waals surface area contributed by atoms with Crippen LogP contribution in [0.25, 0.3) is 5.69 Å². The van der Waals surface area contributed by atoms with Crippen molar-refractivity contribution in [1.82, 2.24) is 14.8 Å². The maximum absolute atomic E-state index is 12.8. The molecule has 1 unspecified atom stereocenters. The predicted octanol–water partition coefficient (Wildman–Crippen LogP) is 4.65. The van der Waals surface area contributed by atoms with Gasteiger partial charge in [-0.1, -0.05) is 29.6 Å². The highest BCUT2D eigenvalue weighted by Gasteiger charge is 2.20. The van der Waals surface area contributed by atoms with Gasteiger partial charge in [0.2, 0.25) is 0 Å². The molecular formula is C21H24Cl2N4O. The van der Waals surface area contributed by atoms with Crippen molar-refractivity contribution >= 4 is 29.1 Å². The largest absolute Gasteiger partial charge is 0.351 e. The maximum Gasteiger partial charge on any atom is 0.269 e. The van der Waals surface area contributed by atoms with E-state index in [4.69, 9.17) is 23.2 Å². The molecule has 1 saturated heterocycles. The highest BCUT2D eigenvalue weighted by atomic mass is 35.5. The number of rotatable bonds is 6. The summed E-state index contributed by atoms with van der Waals surface area (Å²) in [6, 6.07) is 9.37. The predicted molar refractivity (Wildman–Crippen MR) is 112 cm³/mol. The third-order valence-corrected chi connectivity index (χ3v) is 5.78. The number of hydrogen-bond acceptors (Lipinski definition) is 3. The minimum absolute atomic E-state index is 0.278. The minimum atomic E-state index is -0.278. The zero-order valence-corrected chi connectivity index (χ0v) is 17.4. The van der Waals surface area contributed by atoms with Gasteiger partial charge < -0.3 is 14.8 Å². The topological polar surface area (TPSA) is 61.1 Å². The van der Waals surface area contributed by atoms with Gasteiger partial charge in [0.25, 0.3) is 5.91 Å². The summed E-state index contributed by atoms with van der Waals surface area (Å²) in [5, 5.41) is 13.3. The molecule has 0 aliphatic carbocycles. The maximum atomic E-state index is 12.8. The molecular weight excluding hydrogens is 395 g/mol. The van der Waals surface area contributed by atoms with Crippen molar-refractivity contribution in [2.75, 3.05) is 19.6 Å². The standard InChI is InChI=1S/C21H24Cl2N4O/c1-15-5-2-3-10-26(15)11-4-9-25-21(28)20-16(14-24)8-12-27(20)19-7-6-17(22)13-18(19)23/h6-8,12-13,15H,2-5,9-11H2,1H3,(H,25,28). The van der Waals surface area contributed by atoms with E-state index in [0.717, 1.165) is 19.5 Å². The van der Waals surface area contributed by atoms with Crippen molar-refractivity contribution in [2.45, 2.75) is 38.6 Å². The fraction of sp³-hybridized carbons (Fsp3) is 0.429. The van der Waals surface area contributed by atoms with Crippen molar-refractivity contribution in [3.63, 3.8) is 0 Å².